The molecule has 6 heteroatoms. The van der Waals surface area contributed by atoms with Crippen LogP contribution in [0.4, 0.5) is 4.79 Å². The van der Waals surface area contributed by atoms with Crippen molar-refractivity contribution in [3.05, 3.63) is 59.7 Å². The Hall–Kier alpha value is -2.41. The third-order valence-corrected chi connectivity index (χ3v) is 6.00. The van der Waals surface area contributed by atoms with Gasteiger partial charge in [-0.3, -0.25) is 0 Å². The van der Waals surface area contributed by atoms with Crippen LogP contribution in [-0.2, 0) is 14.2 Å². The van der Waals surface area contributed by atoms with Gasteiger partial charge in [-0.15, -0.1) is 0 Å². The number of nitrogens with zero attached hydrogens (tertiary/aromatic N) is 1. The van der Waals surface area contributed by atoms with E-state index in [1.54, 1.807) is 0 Å². The first-order chi connectivity index (χ1) is 13.9. The van der Waals surface area contributed by atoms with Gasteiger partial charge in [0.2, 0.25) is 0 Å². The minimum atomic E-state index is -0.795. The topological polar surface area (TPSA) is 68.2 Å². The number of carbonyl (C=O) groups is 1. The van der Waals surface area contributed by atoms with Crippen LogP contribution >= 0.6 is 0 Å². The fourth-order valence-corrected chi connectivity index (χ4v) is 4.79. The lowest BCUT2D eigenvalue weighted by Crippen LogP contribution is -2.55. The summed E-state index contributed by atoms with van der Waals surface area (Å²) in [5, 5.41) is 10.4. The van der Waals surface area contributed by atoms with Crippen LogP contribution in [0.3, 0.4) is 0 Å². The fourth-order valence-electron chi connectivity index (χ4n) is 4.79. The number of amides is 1. The van der Waals surface area contributed by atoms with E-state index in [1.807, 2.05) is 38.1 Å². The molecule has 2 saturated heterocycles. The highest BCUT2D eigenvalue weighted by Gasteiger charge is 2.49. The SMILES string of the molecule is CC1(C)O[C@@H]2[C@H](O)CN(C(=O)OCC3c4ccccc4-c4ccccc43)C[C@@H]2O1. The predicted molar refractivity (Wildman–Crippen MR) is 106 cm³/mol. The zero-order valence-corrected chi connectivity index (χ0v) is 16.6. The Morgan fingerprint density at radius 1 is 1.07 bits per heavy atom. The van der Waals surface area contributed by atoms with Crippen molar-refractivity contribution in [2.45, 2.75) is 43.9 Å². The lowest BCUT2D eigenvalue weighted by Gasteiger charge is -2.35. The molecule has 0 saturated carbocycles. The molecule has 1 amide bonds. The molecule has 3 atom stereocenters. The summed E-state index contributed by atoms with van der Waals surface area (Å²) in [7, 11) is 0. The van der Waals surface area contributed by atoms with Gasteiger partial charge in [0, 0.05) is 5.92 Å². The second kappa shape index (κ2) is 6.83. The number of aliphatic hydroxyl groups is 1. The number of hydrogen-bond acceptors (Lipinski definition) is 5. The van der Waals surface area contributed by atoms with Gasteiger partial charge in [-0.1, -0.05) is 48.5 Å². The number of likely N-dealkylation sites (tertiary alicyclic amines) is 1. The van der Waals surface area contributed by atoms with Gasteiger partial charge in [-0.25, -0.2) is 4.79 Å². The summed E-state index contributed by atoms with van der Waals surface area (Å²) >= 11 is 0. The first-order valence-corrected chi connectivity index (χ1v) is 10.1. The maximum atomic E-state index is 12.8. The van der Waals surface area contributed by atoms with Crippen molar-refractivity contribution in [2.75, 3.05) is 19.7 Å². The van der Waals surface area contributed by atoms with E-state index in [0.29, 0.717) is 6.54 Å². The molecular formula is C23H25NO5. The highest BCUT2D eigenvalue weighted by Crippen LogP contribution is 2.44. The standard InChI is InChI=1S/C23H25NO5/c1-23(2)28-20-12-24(11-19(25)21(20)29-23)22(26)27-13-18-16-9-5-3-7-14(16)15-8-4-6-10-17(15)18/h3-10,18-21,25H,11-13H2,1-2H3/t19-,20+,21-/m1/s1. The van der Waals surface area contributed by atoms with Crippen LogP contribution in [0.15, 0.2) is 48.5 Å². The molecule has 0 unspecified atom stereocenters. The first-order valence-electron chi connectivity index (χ1n) is 10.1. The normalized spacial score (nSPS) is 27.3. The lowest BCUT2D eigenvalue weighted by molar-refractivity contribution is -0.152. The van der Waals surface area contributed by atoms with E-state index >= 15 is 0 Å². The number of ether oxygens (including phenoxy) is 3. The maximum Gasteiger partial charge on any atom is 0.409 e. The third kappa shape index (κ3) is 3.21. The van der Waals surface area contributed by atoms with Crippen LogP contribution in [-0.4, -0.2) is 59.9 Å². The van der Waals surface area contributed by atoms with Crippen molar-refractivity contribution in [1.82, 2.24) is 4.90 Å². The van der Waals surface area contributed by atoms with Gasteiger partial charge in [0.05, 0.1) is 13.1 Å². The van der Waals surface area contributed by atoms with Crippen molar-refractivity contribution in [3.8, 4) is 11.1 Å². The van der Waals surface area contributed by atoms with Crippen molar-refractivity contribution in [2.24, 2.45) is 0 Å². The summed E-state index contributed by atoms with van der Waals surface area (Å²) in [6, 6.07) is 16.5. The Bertz CT molecular complexity index is 897. The Labute approximate surface area is 170 Å². The lowest BCUT2D eigenvalue weighted by atomic mass is 9.98. The van der Waals surface area contributed by atoms with Crippen LogP contribution in [0.1, 0.15) is 30.9 Å². The Morgan fingerprint density at radius 3 is 2.34 bits per heavy atom. The number of aliphatic hydroxyl groups excluding tert-OH is 1. The third-order valence-electron chi connectivity index (χ3n) is 6.00. The molecule has 29 heavy (non-hydrogen) atoms. The molecule has 3 aliphatic rings. The number of hydrogen-bond donors (Lipinski definition) is 1. The van der Waals surface area contributed by atoms with Crippen LogP contribution in [0.2, 0.25) is 0 Å². The molecule has 0 bridgehead atoms. The average molecular weight is 395 g/mol. The summed E-state index contributed by atoms with van der Waals surface area (Å²) in [5.74, 6) is -0.744. The number of benzene rings is 2. The van der Waals surface area contributed by atoms with E-state index in [0.717, 1.165) is 0 Å². The summed E-state index contributed by atoms with van der Waals surface area (Å²) in [6.07, 6.45) is -1.99. The minimum absolute atomic E-state index is 0.0128. The van der Waals surface area contributed by atoms with Gasteiger partial charge in [0.15, 0.2) is 5.79 Å². The molecule has 2 fully saturated rings. The quantitative estimate of drug-likeness (QED) is 0.846. The molecule has 2 aliphatic heterocycles. The summed E-state index contributed by atoms with van der Waals surface area (Å²) < 4.78 is 17.3. The smallest absolute Gasteiger partial charge is 0.409 e. The van der Waals surface area contributed by atoms with E-state index in [2.05, 4.69) is 24.3 Å². The number of β-amino-alcohol motifs (C(OH)–C–C–N with tert-alkyl or cyclic N) is 1. The molecule has 2 aromatic rings. The minimum Gasteiger partial charge on any atom is -0.448 e. The Morgan fingerprint density at radius 2 is 1.69 bits per heavy atom. The molecule has 2 aromatic carbocycles. The van der Waals surface area contributed by atoms with Gasteiger partial charge in [-0.05, 0) is 36.1 Å². The molecule has 0 spiro atoms. The van der Waals surface area contributed by atoms with Gasteiger partial charge in [-0.2, -0.15) is 0 Å². The van der Waals surface area contributed by atoms with Crippen molar-refractivity contribution in [3.63, 3.8) is 0 Å². The number of piperidine rings is 1. The van der Waals surface area contributed by atoms with E-state index < -0.39 is 24.1 Å². The summed E-state index contributed by atoms with van der Waals surface area (Å²) in [6.45, 7) is 4.42. The van der Waals surface area contributed by atoms with Crippen LogP contribution in [0, 0.1) is 0 Å². The highest BCUT2D eigenvalue weighted by molar-refractivity contribution is 5.79. The van der Waals surface area contributed by atoms with Gasteiger partial charge < -0.3 is 24.2 Å². The van der Waals surface area contributed by atoms with Gasteiger partial charge >= 0.3 is 6.09 Å². The van der Waals surface area contributed by atoms with E-state index in [9.17, 15) is 9.90 Å². The van der Waals surface area contributed by atoms with Crippen molar-refractivity contribution < 1.29 is 24.1 Å². The summed E-state index contributed by atoms with van der Waals surface area (Å²) in [5.41, 5.74) is 4.74. The molecule has 5 rings (SSSR count). The Kier molecular flexibility index (Phi) is 4.38. The highest BCUT2D eigenvalue weighted by atomic mass is 16.8. The molecule has 152 valence electrons. The van der Waals surface area contributed by atoms with Gasteiger partial charge in [0.1, 0.15) is 24.9 Å². The fraction of sp³-hybridized carbons (Fsp3) is 0.435. The molecule has 6 nitrogen and oxygen atoms in total. The number of fused-ring (bicyclic) bond motifs is 4. The Balaban J connectivity index is 1.29. The zero-order chi connectivity index (χ0) is 20.2. The second-order valence-electron chi connectivity index (χ2n) is 8.41. The van der Waals surface area contributed by atoms with E-state index in [1.165, 1.54) is 27.2 Å². The largest absolute Gasteiger partial charge is 0.448 e. The first kappa shape index (κ1) is 18.6. The molecule has 0 radical (unpaired) electrons. The van der Waals surface area contributed by atoms with Crippen LogP contribution in [0.5, 0.6) is 0 Å². The van der Waals surface area contributed by atoms with Crippen molar-refractivity contribution in [1.29, 1.82) is 0 Å². The van der Waals surface area contributed by atoms with Crippen LogP contribution < -0.4 is 0 Å². The molecule has 2 heterocycles. The number of carbonyl (C=O) groups excluding carboxylic acids is 1. The zero-order valence-electron chi connectivity index (χ0n) is 16.6. The van der Waals surface area contributed by atoms with E-state index in [-0.39, 0.29) is 25.2 Å². The summed E-state index contributed by atoms with van der Waals surface area (Å²) in [4.78, 5) is 14.3. The number of rotatable bonds is 2. The van der Waals surface area contributed by atoms with Crippen LogP contribution in [0.25, 0.3) is 11.1 Å². The predicted octanol–water partition coefficient (Wildman–Crippen LogP) is 3.13. The van der Waals surface area contributed by atoms with Crippen molar-refractivity contribution >= 4 is 6.09 Å². The molecular weight excluding hydrogens is 370 g/mol. The molecule has 1 N–H and O–H groups in total. The second-order valence-corrected chi connectivity index (χ2v) is 8.41. The molecule has 1 aliphatic carbocycles. The average Bonchev–Trinajstić information content (AvgIpc) is 3.20. The van der Waals surface area contributed by atoms with E-state index in [4.69, 9.17) is 14.2 Å². The monoisotopic (exact) mass is 395 g/mol. The van der Waals surface area contributed by atoms with Gasteiger partial charge in [0.25, 0.3) is 0 Å². The molecule has 0 aromatic heterocycles. The maximum absolute atomic E-state index is 12.8.